The smallest absolute Gasteiger partial charge is 0.281 e. The van der Waals surface area contributed by atoms with E-state index in [4.69, 9.17) is 16.3 Å². The fourth-order valence-electron chi connectivity index (χ4n) is 2.70. The second-order valence-corrected chi connectivity index (χ2v) is 7.43. The number of ether oxygens (including phenoxy) is 1. The third kappa shape index (κ3) is 4.04. The van der Waals surface area contributed by atoms with Crippen LogP contribution < -0.4 is 0 Å². The third-order valence-electron chi connectivity index (χ3n) is 3.80. The van der Waals surface area contributed by atoms with Crippen molar-refractivity contribution in [2.45, 2.75) is 38.2 Å². The number of hydrogen-bond acceptors (Lipinski definition) is 3. The maximum absolute atomic E-state index is 12.5. The van der Waals surface area contributed by atoms with Crippen molar-refractivity contribution in [3.8, 4) is 0 Å². The zero-order chi connectivity index (χ0) is 13.7. The van der Waals surface area contributed by atoms with E-state index in [0.717, 1.165) is 32.1 Å². The van der Waals surface area contributed by atoms with Crippen molar-refractivity contribution in [3.63, 3.8) is 0 Å². The van der Waals surface area contributed by atoms with Crippen LogP contribution in [-0.2, 0) is 14.9 Å². The van der Waals surface area contributed by atoms with E-state index in [1.807, 2.05) is 0 Å². The van der Waals surface area contributed by atoms with Gasteiger partial charge in [-0.1, -0.05) is 6.42 Å². The summed E-state index contributed by atoms with van der Waals surface area (Å²) in [5.74, 6) is 0.492. The van der Waals surface area contributed by atoms with Crippen LogP contribution in [-0.4, -0.2) is 61.8 Å². The van der Waals surface area contributed by atoms with Crippen LogP contribution in [0, 0.1) is 0 Å². The normalized spacial score (nSPS) is 24.7. The molecule has 2 aliphatic rings. The molecule has 2 aliphatic heterocycles. The fraction of sp³-hybridized carbons (Fsp3) is 1.00. The first-order valence-electron chi connectivity index (χ1n) is 7.07. The second kappa shape index (κ2) is 7.22. The SMILES string of the molecule is O=S(=O)(N1CCCCC1)N1CCC(OCCCl)CC1. The maximum Gasteiger partial charge on any atom is 0.281 e. The molecular formula is C12H23ClN2O3S. The minimum atomic E-state index is -3.24. The highest BCUT2D eigenvalue weighted by Crippen LogP contribution is 2.21. The lowest BCUT2D eigenvalue weighted by Gasteiger charge is -2.36. The Morgan fingerprint density at radius 3 is 2.16 bits per heavy atom. The van der Waals surface area contributed by atoms with Crippen LogP contribution in [0.3, 0.4) is 0 Å². The molecule has 7 heteroatoms. The average Bonchev–Trinajstić information content (AvgIpc) is 2.46. The number of rotatable bonds is 5. The summed E-state index contributed by atoms with van der Waals surface area (Å²) in [4.78, 5) is 0. The minimum absolute atomic E-state index is 0.159. The molecule has 0 aromatic carbocycles. The summed E-state index contributed by atoms with van der Waals surface area (Å²) in [6.07, 6.45) is 4.80. The van der Waals surface area contributed by atoms with E-state index in [9.17, 15) is 8.42 Å². The molecule has 5 nitrogen and oxygen atoms in total. The third-order valence-corrected chi connectivity index (χ3v) is 5.99. The molecule has 0 spiro atoms. The number of alkyl halides is 1. The molecule has 0 aromatic rings. The van der Waals surface area contributed by atoms with Gasteiger partial charge in [0, 0.05) is 32.1 Å². The Morgan fingerprint density at radius 1 is 1.00 bits per heavy atom. The molecule has 19 heavy (non-hydrogen) atoms. The van der Waals surface area contributed by atoms with Crippen LogP contribution in [0.25, 0.3) is 0 Å². The molecule has 0 radical (unpaired) electrons. The summed E-state index contributed by atoms with van der Waals surface area (Å²) in [6.45, 7) is 3.01. The molecule has 2 heterocycles. The molecule has 0 saturated carbocycles. The summed E-state index contributed by atoms with van der Waals surface area (Å²) >= 11 is 5.59. The monoisotopic (exact) mass is 310 g/mol. The van der Waals surface area contributed by atoms with Gasteiger partial charge in [-0.2, -0.15) is 17.0 Å². The maximum atomic E-state index is 12.5. The van der Waals surface area contributed by atoms with Crippen molar-refractivity contribution in [1.29, 1.82) is 0 Å². The Kier molecular flexibility index (Phi) is 5.89. The predicted octanol–water partition coefficient (Wildman–Crippen LogP) is 1.44. The highest BCUT2D eigenvalue weighted by atomic mass is 35.5. The van der Waals surface area contributed by atoms with Gasteiger partial charge in [0.2, 0.25) is 0 Å². The Balaban J connectivity index is 1.85. The van der Waals surface area contributed by atoms with Crippen molar-refractivity contribution in [3.05, 3.63) is 0 Å². The van der Waals surface area contributed by atoms with Crippen LogP contribution in [0.1, 0.15) is 32.1 Å². The van der Waals surface area contributed by atoms with Gasteiger partial charge in [-0.25, -0.2) is 0 Å². The predicted molar refractivity (Wildman–Crippen MR) is 75.6 cm³/mol. The molecule has 0 bridgehead atoms. The van der Waals surface area contributed by atoms with Gasteiger partial charge in [-0.3, -0.25) is 0 Å². The number of hydrogen-bond donors (Lipinski definition) is 0. The molecule has 0 aliphatic carbocycles. The Bertz CT molecular complexity index is 363. The molecule has 2 fully saturated rings. The Labute approximate surface area is 121 Å². The van der Waals surface area contributed by atoms with Gasteiger partial charge in [-0.05, 0) is 25.7 Å². The van der Waals surface area contributed by atoms with E-state index in [1.54, 1.807) is 8.61 Å². The standard InChI is InChI=1S/C12H23ClN2O3S/c13-6-11-18-12-4-9-15(10-5-12)19(16,17)14-7-2-1-3-8-14/h12H,1-11H2. The highest BCUT2D eigenvalue weighted by molar-refractivity contribution is 7.86. The van der Waals surface area contributed by atoms with E-state index in [2.05, 4.69) is 0 Å². The summed E-state index contributed by atoms with van der Waals surface area (Å²) in [6, 6.07) is 0. The van der Waals surface area contributed by atoms with Gasteiger partial charge in [0.15, 0.2) is 0 Å². The summed E-state index contributed by atoms with van der Waals surface area (Å²) in [7, 11) is -3.24. The van der Waals surface area contributed by atoms with Crippen molar-refractivity contribution in [1.82, 2.24) is 8.61 Å². The molecule has 112 valence electrons. The van der Waals surface area contributed by atoms with E-state index < -0.39 is 10.2 Å². The second-order valence-electron chi connectivity index (χ2n) is 5.13. The zero-order valence-corrected chi connectivity index (χ0v) is 12.8. The lowest BCUT2D eigenvalue weighted by atomic mass is 10.1. The molecule has 0 aromatic heterocycles. The van der Waals surface area contributed by atoms with E-state index in [0.29, 0.717) is 38.7 Å². The summed E-state index contributed by atoms with van der Waals surface area (Å²) in [5.41, 5.74) is 0. The van der Waals surface area contributed by atoms with E-state index in [1.165, 1.54) is 0 Å². The van der Waals surface area contributed by atoms with Crippen molar-refractivity contribution < 1.29 is 13.2 Å². The molecule has 2 saturated heterocycles. The summed E-state index contributed by atoms with van der Waals surface area (Å²) < 4.78 is 33.7. The molecule has 2 rings (SSSR count). The van der Waals surface area contributed by atoms with Gasteiger partial charge in [0.1, 0.15) is 0 Å². The van der Waals surface area contributed by atoms with Gasteiger partial charge in [0.25, 0.3) is 10.2 Å². The molecule has 0 atom stereocenters. The first-order chi connectivity index (χ1) is 9.14. The van der Waals surface area contributed by atoms with Crippen LogP contribution in [0.5, 0.6) is 0 Å². The zero-order valence-electron chi connectivity index (χ0n) is 11.3. The minimum Gasteiger partial charge on any atom is -0.377 e. The average molecular weight is 311 g/mol. The van der Waals surface area contributed by atoms with Crippen LogP contribution in [0.2, 0.25) is 0 Å². The van der Waals surface area contributed by atoms with Gasteiger partial charge < -0.3 is 4.74 Å². The van der Waals surface area contributed by atoms with Gasteiger partial charge >= 0.3 is 0 Å². The fourth-order valence-corrected chi connectivity index (χ4v) is 4.51. The van der Waals surface area contributed by atoms with Crippen LogP contribution in [0.15, 0.2) is 0 Å². The first-order valence-corrected chi connectivity index (χ1v) is 9.00. The van der Waals surface area contributed by atoms with E-state index >= 15 is 0 Å². The van der Waals surface area contributed by atoms with Gasteiger partial charge in [0.05, 0.1) is 12.7 Å². The van der Waals surface area contributed by atoms with E-state index in [-0.39, 0.29) is 6.10 Å². The quantitative estimate of drug-likeness (QED) is 0.722. The highest BCUT2D eigenvalue weighted by Gasteiger charge is 2.33. The van der Waals surface area contributed by atoms with Crippen molar-refractivity contribution in [2.75, 3.05) is 38.7 Å². The number of nitrogens with zero attached hydrogens (tertiary/aromatic N) is 2. The first kappa shape index (κ1) is 15.5. The topological polar surface area (TPSA) is 49.9 Å². The van der Waals surface area contributed by atoms with Gasteiger partial charge in [-0.15, -0.1) is 11.6 Å². The molecule has 0 unspecified atom stereocenters. The Morgan fingerprint density at radius 2 is 1.58 bits per heavy atom. The van der Waals surface area contributed by atoms with Crippen molar-refractivity contribution >= 4 is 21.8 Å². The number of halogens is 1. The van der Waals surface area contributed by atoms with Crippen LogP contribution >= 0.6 is 11.6 Å². The Hall–Kier alpha value is 0.120. The number of piperidine rings is 2. The lowest BCUT2D eigenvalue weighted by Crippen LogP contribution is -2.49. The lowest BCUT2D eigenvalue weighted by molar-refractivity contribution is 0.0291. The largest absolute Gasteiger partial charge is 0.377 e. The summed E-state index contributed by atoms with van der Waals surface area (Å²) in [5, 5.41) is 0. The molecular weight excluding hydrogens is 288 g/mol. The van der Waals surface area contributed by atoms with Crippen molar-refractivity contribution in [2.24, 2.45) is 0 Å². The molecule has 0 amide bonds. The van der Waals surface area contributed by atoms with Crippen LogP contribution in [0.4, 0.5) is 0 Å². The molecule has 0 N–H and O–H groups in total.